The van der Waals surface area contributed by atoms with Gasteiger partial charge in [-0.25, -0.2) is 9.97 Å². The highest BCUT2D eigenvalue weighted by atomic mass is 16.5. The summed E-state index contributed by atoms with van der Waals surface area (Å²) in [5, 5.41) is 0. The fourth-order valence-electron chi connectivity index (χ4n) is 3.18. The molecule has 0 amide bonds. The number of fused-ring (bicyclic) bond motifs is 2. The number of rotatable bonds is 3. The van der Waals surface area contributed by atoms with Crippen LogP contribution in [0.15, 0.2) is 85.5 Å². The maximum absolute atomic E-state index is 6.19. The van der Waals surface area contributed by atoms with Crippen molar-refractivity contribution >= 4 is 22.1 Å². The Balaban J connectivity index is 1.89. The minimum atomic E-state index is 0.562. The summed E-state index contributed by atoms with van der Waals surface area (Å²) < 4.78 is 6.19. The Labute approximate surface area is 155 Å². The molecular weight excluding hydrogens is 336 g/mol. The van der Waals surface area contributed by atoms with Crippen LogP contribution < -0.4 is 4.74 Å². The van der Waals surface area contributed by atoms with E-state index in [-0.39, 0.29) is 0 Å². The molecule has 0 saturated heterocycles. The average Bonchev–Trinajstić information content (AvgIpc) is 2.75. The van der Waals surface area contributed by atoms with Crippen molar-refractivity contribution in [1.82, 2.24) is 19.9 Å². The summed E-state index contributed by atoms with van der Waals surface area (Å²) in [7, 11) is 0. The lowest BCUT2D eigenvalue weighted by molar-refractivity contribution is 0.491. The molecule has 0 atom stereocenters. The van der Waals surface area contributed by atoms with Gasteiger partial charge in [0.15, 0.2) is 5.75 Å². The van der Waals surface area contributed by atoms with Crippen LogP contribution in [0.25, 0.3) is 33.2 Å². The number of hydrogen-bond donors (Lipinski definition) is 0. The van der Waals surface area contributed by atoms with Gasteiger partial charge in [0, 0.05) is 30.4 Å². The number of nitrogens with zero attached hydrogens (tertiary/aromatic N) is 4. The molecule has 5 nitrogen and oxygen atoms in total. The highest BCUT2D eigenvalue weighted by Gasteiger charge is 2.20. The predicted octanol–water partition coefficient (Wildman–Crippen LogP) is 5.03. The number of hydrogen-bond acceptors (Lipinski definition) is 5. The van der Waals surface area contributed by atoms with Crippen LogP contribution in [-0.4, -0.2) is 19.9 Å². The van der Waals surface area contributed by atoms with Crippen LogP contribution in [0.3, 0.4) is 0 Å². The summed E-state index contributed by atoms with van der Waals surface area (Å²) in [4.78, 5) is 18.3. The first-order chi connectivity index (χ1) is 13.4. The molecule has 0 aliphatic rings. The zero-order chi connectivity index (χ0) is 18.1. The largest absolute Gasteiger partial charge is 0.453 e. The molecule has 0 aliphatic carbocycles. The molecule has 0 fully saturated rings. The van der Waals surface area contributed by atoms with Crippen molar-refractivity contribution in [3.8, 4) is 22.6 Å². The molecule has 128 valence electrons. The van der Waals surface area contributed by atoms with E-state index in [0.29, 0.717) is 22.5 Å². The lowest BCUT2D eigenvalue weighted by atomic mass is 10.0. The topological polar surface area (TPSA) is 60.8 Å². The number of para-hydroxylation sites is 1. The third-order valence-electron chi connectivity index (χ3n) is 4.33. The van der Waals surface area contributed by atoms with E-state index in [1.165, 1.54) is 0 Å². The molecule has 0 radical (unpaired) electrons. The Morgan fingerprint density at radius 3 is 1.56 bits per heavy atom. The summed E-state index contributed by atoms with van der Waals surface area (Å²) in [6.45, 7) is 0. The maximum Gasteiger partial charge on any atom is 0.183 e. The third-order valence-corrected chi connectivity index (χ3v) is 4.33. The van der Waals surface area contributed by atoms with E-state index in [1.807, 2.05) is 60.7 Å². The van der Waals surface area contributed by atoms with Crippen LogP contribution >= 0.6 is 0 Å². The summed E-state index contributed by atoms with van der Waals surface area (Å²) >= 11 is 0. The second-order valence-corrected chi connectivity index (χ2v) is 5.99. The van der Waals surface area contributed by atoms with Gasteiger partial charge < -0.3 is 4.74 Å². The standard InChI is InChI=1S/C22H14N4O/c1-3-7-15(8-4-1)17-18-20(25-13-11-23-18)22(21-19(17)24-12-14-26-21)27-16-9-5-2-6-10-16/h1-14H. The third kappa shape index (κ3) is 2.66. The Morgan fingerprint density at radius 2 is 1.00 bits per heavy atom. The normalized spacial score (nSPS) is 11.0. The fraction of sp³-hybridized carbons (Fsp3) is 0. The second-order valence-electron chi connectivity index (χ2n) is 5.99. The summed E-state index contributed by atoms with van der Waals surface area (Å²) in [5.74, 6) is 1.27. The molecule has 3 aromatic carbocycles. The van der Waals surface area contributed by atoms with Crippen molar-refractivity contribution in [2.45, 2.75) is 0 Å². The van der Waals surface area contributed by atoms with E-state index in [0.717, 1.165) is 22.2 Å². The Bertz CT molecular complexity index is 1180. The maximum atomic E-state index is 6.19. The first-order valence-corrected chi connectivity index (χ1v) is 8.57. The molecule has 5 heteroatoms. The number of ether oxygens (including phenoxy) is 1. The predicted molar refractivity (Wildman–Crippen MR) is 105 cm³/mol. The van der Waals surface area contributed by atoms with Crippen LogP contribution in [0.5, 0.6) is 11.5 Å². The lowest BCUT2D eigenvalue weighted by Gasteiger charge is -2.14. The quantitative estimate of drug-likeness (QED) is 0.427. The van der Waals surface area contributed by atoms with Crippen molar-refractivity contribution in [3.63, 3.8) is 0 Å². The molecule has 0 unspecified atom stereocenters. The lowest BCUT2D eigenvalue weighted by Crippen LogP contribution is -1.97. The molecule has 0 bridgehead atoms. The van der Waals surface area contributed by atoms with Gasteiger partial charge >= 0.3 is 0 Å². The first-order valence-electron chi connectivity index (χ1n) is 8.57. The van der Waals surface area contributed by atoms with Gasteiger partial charge in [0.25, 0.3) is 0 Å². The van der Waals surface area contributed by atoms with E-state index < -0.39 is 0 Å². The van der Waals surface area contributed by atoms with Crippen LogP contribution in [0.4, 0.5) is 0 Å². The second kappa shape index (κ2) is 6.46. The Kier molecular flexibility index (Phi) is 3.68. The van der Waals surface area contributed by atoms with Gasteiger partial charge in [0.2, 0.25) is 0 Å². The van der Waals surface area contributed by atoms with Crippen LogP contribution in [0.1, 0.15) is 0 Å². The molecule has 0 saturated carbocycles. The van der Waals surface area contributed by atoms with Gasteiger partial charge in [-0.3, -0.25) is 9.97 Å². The van der Waals surface area contributed by atoms with Gasteiger partial charge in [0.1, 0.15) is 27.8 Å². The summed E-state index contributed by atoms with van der Waals surface area (Å²) in [6.07, 6.45) is 6.70. The molecule has 0 aliphatic heterocycles. The minimum absolute atomic E-state index is 0.562. The molecule has 0 spiro atoms. The van der Waals surface area contributed by atoms with E-state index in [2.05, 4.69) is 19.9 Å². The van der Waals surface area contributed by atoms with Crippen molar-refractivity contribution in [2.24, 2.45) is 0 Å². The minimum Gasteiger partial charge on any atom is -0.453 e. The van der Waals surface area contributed by atoms with Crippen molar-refractivity contribution < 1.29 is 4.74 Å². The molecule has 5 rings (SSSR count). The molecule has 27 heavy (non-hydrogen) atoms. The van der Waals surface area contributed by atoms with Crippen LogP contribution in [0.2, 0.25) is 0 Å². The van der Waals surface area contributed by atoms with Gasteiger partial charge in [-0.2, -0.15) is 0 Å². The number of benzene rings is 3. The summed E-state index contributed by atoms with van der Waals surface area (Å²) in [6, 6.07) is 19.6. The highest BCUT2D eigenvalue weighted by Crippen LogP contribution is 2.40. The highest BCUT2D eigenvalue weighted by molar-refractivity contribution is 6.11. The van der Waals surface area contributed by atoms with Crippen molar-refractivity contribution in [1.29, 1.82) is 0 Å². The van der Waals surface area contributed by atoms with Gasteiger partial charge in [-0.15, -0.1) is 0 Å². The Hall–Kier alpha value is -3.86. The van der Waals surface area contributed by atoms with E-state index in [9.17, 15) is 0 Å². The van der Waals surface area contributed by atoms with E-state index in [1.54, 1.807) is 24.8 Å². The first kappa shape index (κ1) is 15.4. The monoisotopic (exact) mass is 350 g/mol. The molecule has 2 aromatic heterocycles. The van der Waals surface area contributed by atoms with Gasteiger partial charge in [-0.05, 0) is 17.7 Å². The SMILES string of the molecule is c1ccc(Oc2c3nccnc3c(-c3ccccc3)c3nccnc23)cc1. The van der Waals surface area contributed by atoms with Gasteiger partial charge in [-0.1, -0.05) is 48.5 Å². The van der Waals surface area contributed by atoms with E-state index >= 15 is 0 Å². The smallest absolute Gasteiger partial charge is 0.183 e. The zero-order valence-corrected chi connectivity index (χ0v) is 14.3. The molecular formula is C22H14N4O. The van der Waals surface area contributed by atoms with Gasteiger partial charge in [0.05, 0.1) is 0 Å². The molecule has 2 heterocycles. The van der Waals surface area contributed by atoms with Crippen LogP contribution in [0, 0.1) is 0 Å². The molecule has 0 N–H and O–H groups in total. The van der Waals surface area contributed by atoms with Crippen molar-refractivity contribution in [3.05, 3.63) is 85.5 Å². The van der Waals surface area contributed by atoms with Crippen LogP contribution in [-0.2, 0) is 0 Å². The fourth-order valence-corrected chi connectivity index (χ4v) is 3.18. The Morgan fingerprint density at radius 1 is 0.519 bits per heavy atom. The molecule has 5 aromatic rings. The van der Waals surface area contributed by atoms with Crippen molar-refractivity contribution in [2.75, 3.05) is 0 Å². The summed E-state index contributed by atoms with van der Waals surface area (Å²) in [5.41, 5.74) is 4.72. The average molecular weight is 350 g/mol. The zero-order valence-electron chi connectivity index (χ0n) is 14.3. The van der Waals surface area contributed by atoms with E-state index in [4.69, 9.17) is 4.74 Å². The number of aromatic nitrogens is 4.